The van der Waals surface area contributed by atoms with Crippen molar-refractivity contribution in [1.29, 1.82) is 0 Å². The first-order valence-electron chi connectivity index (χ1n) is 8.57. The quantitative estimate of drug-likeness (QED) is 0.678. The summed E-state index contributed by atoms with van der Waals surface area (Å²) in [5.74, 6) is 0.662. The van der Waals surface area contributed by atoms with Crippen LogP contribution < -0.4 is 0 Å². The molecule has 22 heavy (non-hydrogen) atoms. The van der Waals surface area contributed by atoms with Crippen molar-refractivity contribution >= 4 is 14.4 Å². The first-order valence-corrected chi connectivity index (χ1v) is 8.57. The number of rotatable bonds is 6. The second kappa shape index (κ2) is 6.49. The smallest absolute Gasteiger partial charge is 0.438 e. The fraction of sp³-hybridized carbons (Fsp3) is 1.00. The van der Waals surface area contributed by atoms with E-state index in [-0.39, 0.29) is 22.2 Å². The first kappa shape index (κ1) is 20.1. The summed E-state index contributed by atoms with van der Waals surface area (Å²) in [6.45, 7) is 21.6. The molecule has 1 heterocycles. The lowest BCUT2D eigenvalue weighted by molar-refractivity contribution is -0.0189. The van der Waals surface area contributed by atoms with Crippen LogP contribution in [-0.4, -0.2) is 31.2 Å². The van der Waals surface area contributed by atoms with E-state index in [1.165, 1.54) is 0 Å². The Morgan fingerprint density at radius 1 is 1.05 bits per heavy atom. The Labute approximate surface area is 139 Å². The summed E-state index contributed by atoms with van der Waals surface area (Å²) in [6, 6.07) is 0. The molecule has 0 aromatic rings. The molecule has 0 aromatic carbocycles. The topological polar surface area (TPSA) is 27.7 Å². The maximum absolute atomic E-state index is 6.22. The SMILES string of the molecule is CC(C)CCC1(C)OB([B]OC(C)(C)C(C)(C)C)OC1(C)C. The van der Waals surface area contributed by atoms with Gasteiger partial charge in [-0.1, -0.05) is 34.6 Å². The van der Waals surface area contributed by atoms with Gasteiger partial charge < -0.3 is 14.0 Å². The predicted octanol–water partition coefficient (Wildman–Crippen LogP) is 4.45. The molecule has 1 unspecified atom stereocenters. The Hall–Kier alpha value is 0.00987. The van der Waals surface area contributed by atoms with E-state index >= 15 is 0 Å². The van der Waals surface area contributed by atoms with Gasteiger partial charge in [-0.15, -0.1) is 0 Å². The fourth-order valence-electron chi connectivity index (χ4n) is 2.22. The van der Waals surface area contributed by atoms with Crippen LogP contribution in [0.3, 0.4) is 0 Å². The van der Waals surface area contributed by atoms with Crippen LogP contribution in [0.15, 0.2) is 0 Å². The molecule has 1 radical (unpaired) electrons. The fourth-order valence-corrected chi connectivity index (χ4v) is 2.22. The second-order valence-corrected chi connectivity index (χ2v) is 9.29. The van der Waals surface area contributed by atoms with Crippen LogP contribution >= 0.6 is 0 Å². The highest BCUT2D eigenvalue weighted by molar-refractivity contribution is 7.03. The summed E-state index contributed by atoms with van der Waals surface area (Å²) in [7, 11) is 1.32. The zero-order chi connectivity index (χ0) is 17.4. The van der Waals surface area contributed by atoms with Crippen LogP contribution in [0.2, 0.25) is 0 Å². The van der Waals surface area contributed by atoms with Gasteiger partial charge in [-0.3, -0.25) is 0 Å². The maximum Gasteiger partial charge on any atom is 0.439 e. The Balaban J connectivity index is 2.66. The summed E-state index contributed by atoms with van der Waals surface area (Å²) < 4.78 is 18.3. The Morgan fingerprint density at radius 3 is 2.05 bits per heavy atom. The van der Waals surface area contributed by atoms with Crippen molar-refractivity contribution in [3.05, 3.63) is 0 Å². The van der Waals surface area contributed by atoms with Crippen LogP contribution in [0.1, 0.15) is 82.1 Å². The molecule has 5 heteroatoms. The van der Waals surface area contributed by atoms with Gasteiger partial charge in [-0.05, 0) is 58.8 Å². The van der Waals surface area contributed by atoms with Crippen molar-refractivity contribution < 1.29 is 14.0 Å². The molecule has 0 N–H and O–H groups in total. The molecule has 1 atom stereocenters. The van der Waals surface area contributed by atoms with E-state index in [9.17, 15) is 0 Å². The van der Waals surface area contributed by atoms with Crippen LogP contribution in [0.4, 0.5) is 0 Å². The number of hydrogen-bond donors (Lipinski definition) is 0. The van der Waals surface area contributed by atoms with Gasteiger partial charge in [0.25, 0.3) is 0 Å². The van der Waals surface area contributed by atoms with E-state index in [2.05, 4.69) is 69.2 Å². The van der Waals surface area contributed by atoms with E-state index in [1.54, 1.807) is 7.37 Å². The predicted molar refractivity (Wildman–Crippen MR) is 94.9 cm³/mol. The molecule has 0 saturated carbocycles. The summed E-state index contributed by atoms with van der Waals surface area (Å²) in [6.07, 6.45) is 2.12. The standard InChI is InChI=1S/C17H35B2O3/c1-13(2)11-12-17(10)16(8,9)21-19(22-17)18-20-15(6,7)14(3,4)5/h13H,11-12H2,1-10H3. The van der Waals surface area contributed by atoms with Crippen LogP contribution in [0.5, 0.6) is 0 Å². The highest BCUT2D eigenvalue weighted by Crippen LogP contribution is 2.41. The lowest BCUT2D eigenvalue weighted by Crippen LogP contribution is -2.45. The third-order valence-corrected chi connectivity index (χ3v) is 5.54. The number of hydrogen-bond acceptors (Lipinski definition) is 3. The lowest BCUT2D eigenvalue weighted by Gasteiger charge is -2.39. The van der Waals surface area contributed by atoms with Gasteiger partial charge >= 0.3 is 14.4 Å². The molecule has 0 aromatic heterocycles. The van der Waals surface area contributed by atoms with Gasteiger partial charge in [-0.2, -0.15) is 0 Å². The maximum atomic E-state index is 6.22. The molecule has 0 spiro atoms. The molecule has 1 aliphatic rings. The Morgan fingerprint density at radius 2 is 1.59 bits per heavy atom. The average molecular weight is 309 g/mol. The minimum Gasteiger partial charge on any atom is -0.438 e. The lowest BCUT2D eigenvalue weighted by atomic mass is 9.55. The Kier molecular flexibility index (Phi) is 5.91. The minimum absolute atomic E-state index is 0.0402. The normalized spacial score (nSPS) is 25.9. The van der Waals surface area contributed by atoms with E-state index in [4.69, 9.17) is 14.0 Å². The van der Waals surface area contributed by atoms with E-state index in [1.807, 2.05) is 0 Å². The third kappa shape index (κ3) is 4.52. The van der Waals surface area contributed by atoms with E-state index in [0.717, 1.165) is 12.8 Å². The van der Waals surface area contributed by atoms with Crippen molar-refractivity contribution in [2.24, 2.45) is 11.3 Å². The largest absolute Gasteiger partial charge is 0.439 e. The van der Waals surface area contributed by atoms with Crippen LogP contribution in [-0.2, 0) is 14.0 Å². The molecule has 0 bridgehead atoms. The molecular formula is C17H35B2O3. The Bertz CT molecular complexity index is 375. The summed E-state index contributed by atoms with van der Waals surface area (Å²) in [4.78, 5) is 0. The van der Waals surface area contributed by atoms with E-state index < -0.39 is 7.01 Å². The molecule has 1 aliphatic heterocycles. The molecule has 3 nitrogen and oxygen atoms in total. The molecule has 0 aliphatic carbocycles. The third-order valence-electron chi connectivity index (χ3n) is 5.54. The van der Waals surface area contributed by atoms with Crippen molar-refractivity contribution in [1.82, 2.24) is 0 Å². The van der Waals surface area contributed by atoms with Crippen LogP contribution in [0, 0.1) is 11.3 Å². The summed E-state index contributed by atoms with van der Waals surface area (Å²) in [5, 5.41) is 0. The summed E-state index contributed by atoms with van der Waals surface area (Å²) >= 11 is 0. The average Bonchev–Trinajstić information content (AvgIpc) is 2.54. The van der Waals surface area contributed by atoms with Crippen LogP contribution in [0.25, 0.3) is 0 Å². The van der Waals surface area contributed by atoms with Crippen molar-refractivity contribution in [3.8, 4) is 0 Å². The first-order chi connectivity index (χ1) is 9.70. The minimum atomic E-state index is -0.409. The zero-order valence-corrected chi connectivity index (χ0v) is 16.4. The molecule has 1 rings (SSSR count). The molecule has 1 fully saturated rings. The van der Waals surface area contributed by atoms with Gasteiger partial charge in [0.05, 0.1) is 11.2 Å². The van der Waals surface area contributed by atoms with Gasteiger partial charge in [-0.25, -0.2) is 0 Å². The monoisotopic (exact) mass is 309 g/mol. The molecular weight excluding hydrogens is 274 g/mol. The zero-order valence-electron chi connectivity index (χ0n) is 16.4. The molecule has 0 amide bonds. The van der Waals surface area contributed by atoms with Gasteiger partial charge in [0.1, 0.15) is 0 Å². The highest BCUT2D eigenvalue weighted by Gasteiger charge is 2.54. The summed E-state index contributed by atoms with van der Waals surface area (Å²) in [5.41, 5.74) is -0.842. The molecule has 127 valence electrons. The van der Waals surface area contributed by atoms with Crippen molar-refractivity contribution in [3.63, 3.8) is 0 Å². The molecule has 1 saturated heterocycles. The second-order valence-electron chi connectivity index (χ2n) is 9.29. The van der Waals surface area contributed by atoms with Gasteiger partial charge in [0, 0.05) is 5.60 Å². The highest BCUT2D eigenvalue weighted by atomic mass is 16.7. The van der Waals surface area contributed by atoms with E-state index in [0.29, 0.717) is 5.92 Å². The van der Waals surface area contributed by atoms with Gasteiger partial charge in [0.2, 0.25) is 0 Å². The van der Waals surface area contributed by atoms with Crippen molar-refractivity contribution in [2.45, 2.75) is 98.9 Å². The van der Waals surface area contributed by atoms with Crippen molar-refractivity contribution in [2.75, 3.05) is 0 Å². The van der Waals surface area contributed by atoms with Gasteiger partial charge in [0.15, 0.2) is 0 Å².